The SMILES string of the molecule is C=C(c1ccc(OC)cc1)c1ccc(N2CCCC2)cc1OC. The molecule has 3 nitrogen and oxygen atoms in total. The Labute approximate surface area is 138 Å². The molecule has 1 aliphatic heterocycles. The molecule has 2 aromatic carbocycles. The lowest BCUT2D eigenvalue weighted by molar-refractivity contribution is 0.413. The summed E-state index contributed by atoms with van der Waals surface area (Å²) in [6, 6.07) is 14.3. The first-order valence-corrected chi connectivity index (χ1v) is 7.99. The number of methoxy groups -OCH3 is 2. The number of anilines is 1. The molecule has 1 fully saturated rings. The van der Waals surface area contributed by atoms with E-state index in [1.165, 1.54) is 18.5 Å². The van der Waals surface area contributed by atoms with E-state index in [1.54, 1.807) is 14.2 Å². The molecular formula is C20H23NO2. The Morgan fingerprint density at radius 1 is 0.957 bits per heavy atom. The van der Waals surface area contributed by atoms with E-state index in [2.05, 4.69) is 29.7 Å². The standard InChI is InChI=1S/C20H23NO2/c1-15(16-6-9-18(22-2)10-7-16)19-11-8-17(14-20(19)23-3)21-12-4-5-13-21/h6-11,14H,1,4-5,12-13H2,2-3H3. The van der Waals surface area contributed by atoms with Crippen LogP contribution in [0.4, 0.5) is 5.69 Å². The maximum absolute atomic E-state index is 5.62. The number of rotatable bonds is 5. The smallest absolute Gasteiger partial charge is 0.128 e. The Balaban J connectivity index is 1.89. The highest BCUT2D eigenvalue weighted by Crippen LogP contribution is 2.34. The molecule has 0 saturated carbocycles. The molecule has 0 radical (unpaired) electrons. The van der Waals surface area contributed by atoms with E-state index in [0.29, 0.717) is 0 Å². The van der Waals surface area contributed by atoms with Gasteiger partial charge in [0.05, 0.1) is 14.2 Å². The molecular weight excluding hydrogens is 286 g/mol. The Morgan fingerprint density at radius 2 is 1.65 bits per heavy atom. The van der Waals surface area contributed by atoms with Crippen LogP contribution < -0.4 is 14.4 Å². The van der Waals surface area contributed by atoms with Crippen molar-refractivity contribution < 1.29 is 9.47 Å². The third kappa shape index (κ3) is 3.19. The molecule has 2 aromatic rings. The zero-order valence-corrected chi connectivity index (χ0v) is 13.8. The summed E-state index contributed by atoms with van der Waals surface area (Å²) < 4.78 is 10.8. The second kappa shape index (κ2) is 6.78. The first kappa shape index (κ1) is 15.5. The van der Waals surface area contributed by atoms with Crippen molar-refractivity contribution in [1.82, 2.24) is 0 Å². The molecule has 0 atom stereocenters. The van der Waals surface area contributed by atoms with Gasteiger partial charge in [0.2, 0.25) is 0 Å². The van der Waals surface area contributed by atoms with Gasteiger partial charge < -0.3 is 14.4 Å². The topological polar surface area (TPSA) is 21.7 Å². The lowest BCUT2D eigenvalue weighted by Crippen LogP contribution is -2.17. The zero-order chi connectivity index (χ0) is 16.2. The summed E-state index contributed by atoms with van der Waals surface area (Å²) >= 11 is 0. The molecule has 1 heterocycles. The van der Waals surface area contributed by atoms with Gasteiger partial charge in [-0.1, -0.05) is 18.7 Å². The third-order valence-corrected chi connectivity index (χ3v) is 4.42. The van der Waals surface area contributed by atoms with Gasteiger partial charge in [-0.05, 0) is 48.2 Å². The highest BCUT2D eigenvalue weighted by molar-refractivity contribution is 5.82. The van der Waals surface area contributed by atoms with Crippen LogP contribution in [0.3, 0.4) is 0 Å². The Hall–Kier alpha value is -2.42. The van der Waals surface area contributed by atoms with Crippen LogP contribution in [-0.2, 0) is 0 Å². The van der Waals surface area contributed by atoms with Gasteiger partial charge in [0, 0.05) is 30.4 Å². The van der Waals surface area contributed by atoms with Crippen molar-refractivity contribution in [2.75, 3.05) is 32.2 Å². The predicted molar refractivity (Wildman–Crippen MR) is 95.6 cm³/mol. The number of hydrogen-bond donors (Lipinski definition) is 0. The summed E-state index contributed by atoms with van der Waals surface area (Å²) in [6.07, 6.45) is 2.53. The summed E-state index contributed by atoms with van der Waals surface area (Å²) in [5.74, 6) is 1.72. The van der Waals surface area contributed by atoms with E-state index in [0.717, 1.165) is 41.3 Å². The van der Waals surface area contributed by atoms with Crippen LogP contribution in [0.15, 0.2) is 49.0 Å². The van der Waals surface area contributed by atoms with Crippen LogP contribution >= 0.6 is 0 Å². The van der Waals surface area contributed by atoms with Gasteiger partial charge >= 0.3 is 0 Å². The molecule has 1 saturated heterocycles. The summed E-state index contributed by atoms with van der Waals surface area (Å²) in [7, 11) is 3.39. The minimum atomic E-state index is 0.845. The lowest BCUT2D eigenvalue weighted by Gasteiger charge is -2.20. The average molecular weight is 309 g/mol. The molecule has 0 spiro atoms. The van der Waals surface area contributed by atoms with Crippen molar-refractivity contribution >= 4 is 11.3 Å². The van der Waals surface area contributed by atoms with E-state index < -0.39 is 0 Å². The van der Waals surface area contributed by atoms with Crippen LogP contribution in [0.25, 0.3) is 5.57 Å². The van der Waals surface area contributed by atoms with Crippen molar-refractivity contribution in [1.29, 1.82) is 0 Å². The fraction of sp³-hybridized carbons (Fsp3) is 0.300. The predicted octanol–water partition coefficient (Wildman–Crippen LogP) is 4.37. The molecule has 0 aliphatic carbocycles. The number of hydrogen-bond acceptors (Lipinski definition) is 3. The summed E-state index contributed by atoms with van der Waals surface area (Å²) in [5.41, 5.74) is 4.28. The van der Waals surface area contributed by atoms with Crippen molar-refractivity contribution in [3.8, 4) is 11.5 Å². The molecule has 0 aromatic heterocycles. The fourth-order valence-electron chi connectivity index (χ4n) is 3.05. The second-order valence-electron chi connectivity index (χ2n) is 5.79. The third-order valence-electron chi connectivity index (χ3n) is 4.42. The van der Waals surface area contributed by atoms with Crippen LogP contribution in [0, 0.1) is 0 Å². The highest BCUT2D eigenvalue weighted by Gasteiger charge is 2.16. The highest BCUT2D eigenvalue weighted by atomic mass is 16.5. The van der Waals surface area contributed by atoms with Crippen LogP contribution in [-0.4, -0.2) is 27.3 Å². The van der Waals surface area contributed by atoms with Crippen LogP contribution in [0.5, 0.6) is 11.5 Å². The van der Waals surface area contributed by atoms with E-state index >= 15 is 0 Å². The normalized spacial score (nSPS) is 13.9. The molecule has 3 heteroatoms. The molecule has 3 rings (SSSR count). The fourth-order valence-corrected chi connectivity index (χ4v) is 3.05. The van der Waals surface area contributed by atoms with E-state index in [4.69, 9.17) is 9.47 Å². The van der Waals surface area contributed by atoms with Gasteiger partial charge in [0.1, 0.15) is 11.5 Å². The summed E-state index contributed by atoms with van der Waals surface area (Å²) in [5, 5.41) is 0. The molecule has 0 bridgehead atoms. The summed E-state index contributed by atoms with van der Waals surface area (Å²) in [4.78, 5) is 2.41. The maximum Gasteiger partial charge on any atom is 0.128 e. The maximum atomic E-state index is 5.62. The van der Waals surface area contributed by atoms with Gasteiger partial charge in [0.15, 0.2) is 0 Å². The Kier molecular flexibility index (Phi) is 4.56. The minimum absolute atomic E-state index is 0.845. The van der Waals surface area contributed by atoms with Crippen molar-refractivity contribution in [3.63, 3.8) is 0 Å². The van der Waals surface area contributed by atoms with Gasteiger partial charge in [-0.2, -0.15) is 0 Å². The van der Waals surface area contributed by atoms with Gasteiger partial charge in [-0.3, -0.25) is 0 Å². The van der Waals surface area contributed by atoms with Gasteiger partial charge in [-0.25, -0.2) is 0 Å². The Bertz CT molecular complexity index is 685. The largest absolute Gasteiger partial charge is 0.497 e. The van der Waals surface area contributed by atoms with Gasteiger partial charge in [0.25, 0.3) is 0 Å². The number of benzene rings is 2. The molecule has 0 N–H and O–H groups in total. The minimum Gasteiger partial charge on any atom is -0.497 e. The van der Waals surface area contributed by atoms with Crippen molar-refractivity contribution in [3.05, 3.63) is 60.2 Å². The van der Waals surface area contributed by atoms with E-state index in [-0.39, 0.29) is 0 Å². The lowest BCUT2D eigenvalue weighted by atomic mass is 9.98. The van der Waals surface area contributed by atoms with Crippen molar-refractivity contribution in [2.24, 2.45) is 0 Å². The first-order valence-electron chi connectivity index (χ1n) is 7.99. The molecule has 23 heavy (non-hydrogen) atoms. The van der Waals surface area contributed by atoms with Gasteiger partial charge in [-0.15, -0.1) is 0 Å². The average Bonchev–Trinajstić information content (AvgIpc) is 3.15. The molecule has 0 unspecified atom stereocenters. The number of ether oxygens (including phenoxy) is 2. The van der Waals surface area contributed by atoms with Crippen LogP contribution in [0.1, 0.15) is 24.0 Å². The molecule has 0 amide bonds. The first-order chi connectivity index (χ1) is 11.2. The molecule has 1 aliphatic rings. The summed E-state index contributed by atoms with van der Waals surface area (Å²) in [6.45, 7) is 6.51. The molecule has 120 valence electrons. The second-order valence-corrected chi connectivity index (χ2v) is 5.79. The van der Waals surface area contributed by atoms with Crippen molar-refractivity contribution in [2.45, 2.75) is 12.8 Å². The van der Waals surface area contributed by atoms with Crippen LogP contribution in [0.2, 0.25) is 0 Å². The Morgan fingerprint density at radius 3 is 2.26 bits per heavy atom. The zero-order valence-electron chi connectivity index (χ0n) is 13.8. The monoisotopic (exact) mass is 309 g/mol. The van der Waals surface area contributed by atoms with E-state index in [9.17, 15) is 0 Å². The quantitative estimate of drug-likeness (QED) is 0.819. The number of nitrogens with zero attached hydrogens (tertiary/aromatic N) is 1. The van der Waals surface area contributed by atoms with E-state index in [1.807, 2.05) is 24.3 Å².